The molecule has 1 fully saturated rings. The number of urea groups is 1. The van der Waals surface area contributed by atoms with E-state index in [1.54, 1.807) is 18.7 Å². The lowest BCUT2D eigenvalue weighted by atomic mass is 9.97. The summed E-state index contributed by atoms with van der Waals surface area (Å²) in [5, 5.41) is 11.4. The van der Waals surface area contributed by atoms with Gasteiger partial charge in [0.1, 0.15) is 0 Å². The smallest absolute Gasteiger partial charge is 0.317 e. The molecular weight excluding hydrogens is 184 g/mol. The summed E-state index contributed by atoms with van der Waals surface area (Å²) in [6.07, 6.45) is 0.842. The lowest BCUT2D eigenvalue weighted by molar-refractivity contribution is -0.139. The monoisotopic (exact) mass is 200 g/mol. The van der Waals surface area contributed by atoms with Crippen molar-refractivity contribution in [2.45, 2.75) is 32.2 Å². The van der Waals surface area contributed by atoms with Gasteiger partial charge in [-0.1, -0.05) is 0 Å². The van der Waals surface area contributed by atoms with Crippen LogP contribution in [0.4, 0.5) is 4.79 Å². The molecule has 2 amide bonds. The standard InChI is InChI=1S/C9H16N2O3/c1-9(2,6-7(12)13)11-5-3-4-10-8(11)14/h3-6H2,1-2H3,(H,10,14)(H,12,13). The van der Waals surface area contributed by atoms with Crippen molar-refractivity contribution < 1.29 is 14.7 Å². The Morgan fingerprint density at radius 3 is 2.79 bits per heavy atom. The Balaban J connectivity index is 2.68. The SMILES string of the molecule is CC(C)(CC(=O)O)N1CCCNC1=O. The molecule has 0 aromatic rings. The van der Waals surface area contributed by atoms with Gasteiger partial charge in [0.05, 0.1) is 6.42 Å². The average molecular weight is 200 g/mol. The Kier molecular flexibility index (Phi) is 2.98. The molecule has 5 heteroatoms. The summed E-state index contributed by atoms with van der Waals surface area (Å²) in [6, 6.07) is -0.164. The number of hydrogen-bond acceptors (Lipinski definition) is 2. The summed E-state index contributed by atoms with van der Waals surface area (Å²) >= 11 is 0. The van der Waals surface area contributed by atoms with Crippen LogP contribution in [-0.2, 0) is 4.79 Å². The number of aliphatic carboxylic acids is 1. The Morgan fingerprint density at radius 1 is 1.64 bits per heavy atom. The van der Waals surface area contributed by atoms with Crippen LogP contribution in [0.1, 0.15) is 26.7 Å². The molecule has 80 valence electrons. The van der Waals surface area contributed by atoms with E-state index < -0.39 is 11.5 Å². The molecule has 0 atom stereocenters. The maximum Gasteiger partial charge on any atom is 0.317 e. The minimum Gasteiger partial charge on any atom is -0.481 e. The van der Waals surface area contributed by atoms with Gasteiger partial charge in [-0.05, 0) is 20.3 Å². The number of amides is 2. The highest BCUT2D eigenvalue weighted by Crippen LogP contribution is 2.20. The largest absolute Gasteiger partial charge is 0.481 e. The predicted octanol–water partition coefficient (Wildman–Crippen LogP) is 0.655. The van der Waals surface area contributed by atoms with Crippen LogP contribution in [0.3, 0.4) is 0 Å². The number of carbonyl (C=O) groups is 2. The van der Waals surface area contributed by atoms with Gasteiger partial charge < -0.3 is 15.3 Å². The van der Waals surface area contributed by atoms with Gasteiger partial charge in [-0.3, -0.25) is 4.79 Å². The third-order valence-corrected chi connectivity index (χ3v) is 2.39. The quantitative estimate of drug-likeness (QED) is 0.703. The van der Waals surface area contributed by atoms with Gasteiger partial charge in [0.2, 0.25) is 0 Å². The van der Waals surface area contributed by atoms with Gasteiger partial charge >= 0.3 is 12.0 Å². The molecule has 0 aromatic heterocycles. The molecule has 0 bridgehead atoms. The van der Waals surface area contributed by atoms with Crippen molar-refractivity contribution in [1.29, 1.82) is 0 Å². The summed E-state index contributed by atoms with van der Waals surface area (Å²) in [7, 11) is 0. The highest BCUT2D eigenvalue weighted by molar-refractivity contribution is 5.77. The van der Waals surface area contributed by atoms with Gasteiger partial charge in [0.15, 0.2) is 0 Å². The highest BCUT2D eigenvalue weighted by atomic mass is 16.4. The van der Waals surface area contributed by atoms with E-state index in [-0.39, 0.29) is 12.5 Å². The van der Waals surface area contributed by atoms with Crippen LogP contribution < -0.4 is 5.32 Å². The first kappa shape index (κ1) is 10.8. The molecule has 1 saturated heterocycles. The lowest BCUT2D eigenvalue weighted by Gasteiger charge is -2.40. The normalized spacial score (nSPS) is 17.9. The number of nitrogens with zero attached hydrogens (tertiary/aromatic N) is 1. The number of carbonyl (C=O) groups excluding carboxylic acids is 1. The van der Waals surface area contributed by atoms with Gasteiger partial charge in [0.25, 0.3) is 0 Å². The molecule has 0 aliphatic carbocycles. The molecule has 1 aliphatic heterocycles. The van der Waals surface area contributed by atoms with Crippen LogP contribution in [0, 0.1) is 0 Å². The molecule has 0 unspecified atom stereocenters. The first-order valence-corrected chi connectivity index (χ1v) is 4.71. The number of hydrogen-bond donors (Lipinski definition) is 2. The lowest BCUT2D eigenvalue weighted by Crippen LogP contribution is -2.56. The summed E-state index contributed by atoms with van der Waals surface area (Å²) in [6.45, 7) is 4.85. The van der Waals surface area contributed by atoms with Crippen molar-refractivity contribution in [1.82, 2.24) is 10.2 Å². The van der Waals surface area contributed by atoms with Crippen LogP contribution >= 0.6 is 0 Å². The molecule has 0 saturated carbocycles. The van der Waals surface area contributed by atoms with E-state index in [1.807, 2.05) is 0 Å². The van der Waals surface area contributed by atoms with E-state index in [2.05, 4.69) is 5.32 Å². The second-order valence-corrected chi connectivity index (χ2v) is 4.12. The molecule has 2 N–H and O–H groups in total. The maximum atomic E-state index is 11.4. The Morgan fingerprint density at radius 2 is 2.29 bits per heavy atom. The van der Waals surface area contributed by atoms with E-state index >= 15 is 0 Å². The van der Waals surface area contributed by atoms with Crippen LogP contribution in [0.5, 0.6) is 0 Å². The van der Waals surface area contributed by atoms with Crippen LogP contribution in [0.15, 0.2) is 0 Å². The zero-order valence-electron chi connectivity index (χ0n) is 8.54. The molecule has 0 spiro atoms. The summed E-state index contributed by atoms with van der Waals surface area (Å²) < 4.78 is 0. The molecule has 1 rings (SSSR count). The summed E-state index contributed by atoms with van der Waals surface area (Å²) in [5.74, 6) is -0.881. The van der Waals surface area contributed by atoms with Gasteiger partial charge in [0, 0.05) is 18.6 Å². The van der Waals surface area contributed by atoms with Crippen molar-refractivity contribution >= 4 is 12.0 Å². The van der Waals surface area contributed by atoms with Gasteiger partial charge in [-0.15, -0.1) is 0 Å². The molecule has 1 aliphatic rings. The van der Waals surface area contributed by atoms with Gasteiger partial charge in [-0.25, -0.2) is 4.79 Å². The molecule has 5 nitrogen and oxygen atoms in total. The molecular formula is C9H16N2O3. The second kappa shape index (κ2) is 3.86. The maximum absolute atomic E-state index is 11.4. The highest BCUT2D eigenvalue weighted by Gasteiger charge is 2.34. The first-order chi connectivity index (χ1) is 6.43. The Hall–Kier alpha value is -1.26. The zero-order valence-corrected chi connectivity index (χ0v) is 8.54. The van der Waals surface area contributed by atoms with E-state index in [4.69, 9.17) is 5.11 Å². The molecule has 0 aromatic carbocycles. The van der Waals surface area contributed by atoms with E-state index in [0.717, 1.165) is 6.42 Å². The Labute approximate surface area is 83.1 Å². The number of carboxylic acid groups (broad SMARTS) is 1. The van der Waals surface area contributed by atoms with Crippen molar-refractivity contribution in [2.24, 2.45) is 0 Å². The topological polar surface area (TPSA) is 69.6 Å². The fourth-order valence-corrected chi connectivity index (χ4v) is 1.67. The fraction of sp³-hybridized carbons (Fsp3) is 0.778. The molecule has 14 heavy (non-hydrogen) atoms. The van der Waals surface area contributed by atoms with Gasteiger partial charge in [-0.2, -0.15) is 0 Å². The van der Waals surface area contributed by atoms with Crippen LogP contribution in [0.25, 0.3) is 0 Å². The number of nitrogens with one attached hydrogen (secondary N) is 1. The second-order valence-electron chi connectivity index (χ2n) is 4.12. The van der Waals surface area contributed by atoms with Crippen molar-refractivity contribution in [3.63, 3.8) is 0 Å². The summed E-state index contributed by atoms with van der Waals surface area (Å²) in [4.78, 5) is 23.6. The van der Waals surface area contributed by atoms with E-state index in [9.17, 15) is 9.59 Å². The molecule has 1 heterocycles. The van der Waals surface area contributed by atoms with E-state index in [0.29, 0.717) is 13.1 Å². The number of carboxylic acids is 1. The van der Waals surface area contributed by atoms with Crippen molar-refractivity contribution in [2.75, 3.05) is 13.1 Å². The third-order valence-electron chi connectivity index (χ3n) is 2.39. The minimum atomic E-state index is -0.881. The van der Waals surface area contributed by atoms with E-state index in [1.165, 1.54) is 0 Å². The fourth-order valence-electron chi connectivity index (χ4n) is 1.67. The third kappa shape index (κ3) is 2.37. The van der Waals surface area contributed by atoms with Crippen molar-refractivity contribution in [3.8, 4) is 0 Å². The van der Waals surface area contributed by atoms with Crippen LogP contribution in [-0.4, -0.2) is 40.6 Å². The molecule has 0 radical (unpaired) electrons. The first-order valence-electron chi connectivity index (χ1n) is 4.71. The van der Waals surface area contributed by atoms with Crippen molar-refractivity contribution in [3.05, 3.63) is 0 Å². The predicted molar refractivity (Wildman–Crippen MR) is 51.1 cm³/mol. The van der Waals surface area contributed by atoms with Crippen LogP contribution in [0.2, 0.25) is 0 Å². The minimum absolute atomic E-state index is 0.0274. The summed E-state index contributed by atoms with van der Waals surface area (Å²) in [5.41, 5.74) is -0.615. The Bertz CT molecular complexity index is 250. The average Bonchev–Trinajstić information content (AvgIpc) is 2.02. The zero-order chi connectivity index (χ0) is 10.8. The number of rotatable bonds is 3.